The fraction of sp³-hybridized carbons (Fsp3) is 0.261. The molecule has 4 rings (SSSR count). The van der Waals surface area contributed by atoms with E-state index in [4.69, 9.17) is 0 Å². The fourth-order valence-electron chi connectivity index (χ4n) is 3.49. The summed E-state index contributed by atoms with van der Waals surface area (Å²) in [5.41, 5.74) is 3.97. The first-order valence-corrected chi connectivity index (χ1v) is 9.91. The van der Waals surface area contributed by atoms with Gasteiger partial charge in [0.25, 0.3) is 5.91 Å². The lowest BCUT2D eigenvalue weighted by atomic mass is 10.2. The topological polar surface area (TPSA) is 61.4 Å². The van der Waals surface area contributed by atoms with Gasteiger partial charge in [0.1, 0.15) is 5.69 Å². The molecule has 2 aromatic carbocycles. The van der Waals surface area contributed by atoms with Crippen LogP contribution < -0.4 is 15.1 Å². The van der Waals surface area contributed by atoms with E-state index in [2.05, 4.69) is 56.3 Å². The molecule has 2 heterocycles. The molecule has 0 spiro atoms. The lowest BCUT2D eigenvalue weighted by Crippen LogP contribution is -2.47. The molecule has 1 aromatic heterocycles. The van der Waals surface area contributed by atoms with Crippen molar-refractivity contribution in [1.29, 1.82) is 0 Å². The summed E-state index contributed by atoms with van der Waals surface area (Å²) in [6.07, 6.45) is 1.66. The Morgan fingerprint density at radius 1 is 0.966 bits per heavy atom. The average molecular weight is 387 g/mol. The average Bonchev–Trinajstić information content (AvgIpc) is 2.78. The van der Waals surface area contributed by atoms with E-state index in [1.54, 1.807) is 12.3 Å². The first-order valence-electron chi connectivity index (χ1n) is 9.91. The van der Waals surface area contributed by atoms with Crippen LogP contribution in [0.1, 0.15) is 21.6 Å². The molecule has 0 aliphatic carbocycles. The van der Waals surface area contributed by atoms with Crippen LogP contribution in [0.5, 0.6) is 0 Å². The first-order chi connectivity index (χ1) is 14.2. The number of aryl methyl sites for hydroxylation is 1. The van der Waals surface area contributed by atoms with Crippen LogP contribution in [0.25, 0.3) is 0 Å². The van der Waals surface area contributed by atoms with E-state index in [-0.39, 0.29) is 5.91 Å². The number of hydrogen-bond acceptors (Lipinski definition) is 5. The maximum atomic E-state index is 12.5. The predicted molar refractivity (Wildman–Crippen MR) is 115 cm³/mol. The highest BCUT2D eigenvalue weighted by molar-refractivity contribution is 5.92. The Kier molecular flexibility index (Phi) is 5.70. The normalized spacial score (nSPS) is 14.0. The van der Waals surface area contributed by atoms with Crippen LogP contribution in [0.2, 0.25) is 0 Å². The van der Waals surface area contributed by atoms with Crippen molar-refractivity contribution in [3.05, 3.63) is 83.7 Å². The van der Waals surface area contributed by atoms with Crippen LogP contribution in [0.3, 0.4) is 0 Å². The number of nitrogens with zero attached hydrogens (tertiary/aromatic N) is 4. The van der Waals surface area contributed by atoms with Crippen molar-refractivity contribution in [3.63, 3.8) is 0 Å². The zero-order chi connectivity index (χ0) is 20.1. The molecule has 0 atom stereocenters. The van der Waals surface area contributed by atoms with E-state index in [0.29, 0.717) is 18.2 Å². The molecule has 6 nitrogen and oxygen atoms in total. The highest BCUT2D eigenvalue weighted by atomic mass is 16.1. The molecule has 0 unspecified atom stereocenters. The highest BCUT2D eigenvalue weighted by Crippen LogP contribution is 2.19. The second-order valence-electron chi connectivity index (χ2n) is 7.22. The number of hydrogen-bond donors (Lipinski definition) is 1. The molecular weight excluding hydrogens is 362 g/mol. The third kappa shape index (κ3) is 4.71. The number of carbonyl (C=O) groups excluding carboxylic acids is 1. The summed E-state index contributed by atoms with van der Waals surface area (Å²) in [5.74, 6) is 0.428. The molecule has 1 N–H and O–H groups in total. The van der Waals surface area contributed by atoms with Gasteiger partial charge in [-0.25, -0.2) is 9.97 Å². The third-order valence-corrected chi connectivity index (χ3v) is 5.10. The molecule has 1 saturated heterocycles. The number of rotatable bonds is 5. The van der Waals surface area contributed by atoms with Gasteiger partial charge in [0.05, 0.1) is 0 Å². The molecule has 29 heavy (non-hydrogen) atoms. The number of benzene rings is 2. The molecule has 1 aliphatic heterocycles. The second kappa shape index (κ2) is 8.73. The van der Waals surface area contributed by atoms with Crippen LogP contribution in [-0.2, 0) is 6.54 Å². The van der Waals surface area contributed by atoms with Gasteiger partial charge in [-0.3, -0.25) is 4.79 Å². The number of amides is 1. The van der Waals surface area contributed by atoms with Gasteiger partial charge < -0.3 is 15.1 Å². The fourth-order valence-corrected chi connectivity index (χ4v) is 3.49. The maximum Gasteiger partial charge on any atom is 0.270 e. The third-order valence-electron chi connectivity index (χ3n) is 5.10. The molecule has 0 bridgehead atoms. The van der Waals surface area contributed by atoms with Crippen LogP contribution >= 0.6 is 0 Å². The van der Waals surface area contributed by atoms with Crippen molar-refractivity contribution in [2.24, 2.45) is 0 Å². The van der Waals surface area contributed by atoms with Crippen molar-refractivity contribution in [2.75, 3.05) is 36.0 Å². The SMILES string of the molecule is Cc1cccc(N2CCN(c3nccc(C(=O)NCc4ccccc4)n3)CC2)c1. The van der Waals surface area contributed by atoms with Crippen molar-refractivity contribution >= 4 is 17.5 Å². The molecule has 0 saturated carbocycles. The molecule has 0 radical (unpaired) electrons. The largest absolute Gasteiger partial charge is 0.368 e. The molecule has 1 amide bonds. The van der Waals surface area contributed by atoms with Gasteiger partial charge in [-0.05, 0) is 36.2 Å². The van der Waals surface area contributed by atoms with Gasteiger partial charge in [0.15, 0.2) is 0 Å². The summed E-state index contributed by atoms with van der Waals surface area (Å²) in [6, 6.07) is 20.1. The smallest absolute Gasteiger partial charge is 0.270 e. The Bertz CT molecular complexity index is 968. The molecule has 1 fully saturated rings. The number of piperazine rings is 1. The Labute approximate surface area is 171 Å². The Morgan fingerprint density at radius 2 is 1.72 bits per heavy atom. The molecule has 1 aliphatic rings. The van der Waals surface area contributed by atoms with E-state index in [0.717, 1.165) is 31.7 Å². The van der Waals surface area contributed by atoms with E-state index >= 15 is 0 Å². The molecule has 3 aromatic rings. The zero-order valence-corrected chi connectivity index (χ0v) is 16.6. The maximum absolute atomic E-state index is 12.5. The number of aromatic nitrogens is 2. The highest BCUT2D eigenvalue weighted by Gasteiger charge is 2.20. The van der Waals surface area contributed by atoms with Crippen LogP contribution in [0.4, 0.5) is 11.6 Å². The van der Waals surface area contributed by atoms with Crippen LogP contribution in [0, 0.1) is 6.92 Å². The quantitative estimate of drug-likeness (QED) is 0.729. The van der Waals surface area contributed by atoms with Gasteiger partial charge in [0, 0.05) is 44.6 Å². The van der Waals surface area contributed by atoms with E-state index < -0.39 is 0 Å². The van der Waals surface area contributed by atoms with E-state index in [9.17, 15) is 4.79 Å². The Hall–Kier alpha value is -3.41. The van der Waals surface area contributed by atoms with Crippen molar-refractivity contribution in [1.82, 2.24) is 15.3 Å². The molecule has 148 valence electrons. The summed E-state index contributed by atoms with van der Waals surface area (Å²) >= 11 is 0. The van der Waals surface area contributed by atoms with Gasteiger partial charge in [-0.2, -0.15) is 0 Å². The van der Waals surface area contributed by atoms with Crippen molar-refractivity contribution in [2.45, 2.75) is 13.5 Å². The summed E-state index contributed by atoms with van der Waals surface area (Å²) in [6.45, 7) is 6.04. The summed E-state index contributed by atoms with van der Waals surface area (Å²) in [4.78, 5) is 25.9. The van der Waals surface area contributed by atoms with Crippen LogP contribution in [0.15, 0.2) is 66.9 Å². The van der Waals surface area contributed by atoms with Gasteiger partial charge >= 0.3 is 0 Å². The minimum atomic E-state index is -0.184. The summed E-state index contributed by atoms with van der Waals surface area (Å²) < 4.78 is 0. The predicted octanol–water partition coefficient (Wildman–Crippen LogP) is 3.04. The Balaban J connectivity index is 1.37. The number of carbonyl (C=O) groups is 1. The molecular formula is C23H25N5O. The van der Waals surface area contributed by atoms with Crippen molar-refractivity contribution in [3.8, 4) is 0 Å². The van der Waals surface area contributed by atoms with Crippen molar-refractivity contribution < 1.29 is 4.79 Å². The number of nitrogens with one attached hydrogen (secondary N) is 1. The van der Waals surface area contributed by atoms with E-state index in [1.165, 1.54) is 11.3 Å². The van der Waals surface area contributed by atoms with Crippen LogP contribution in [-0.4, -0.2) is 42.1 Å². The zero-order valence-electron chi connectivity index (χ0n) is 16.6. The summed E-state index contributed by atoms with van der Waals surface area (Å²) in [5, 5.41) is 2.92. The second-order valence-corrected chi connectivity index (χ2v) is 7.22. The minimum absolute atomic E-state index is 0.184. The number of anilines is 2. The lowest BCUT2D eigenvalue weighted by molar-refractivity contribution is 0.0946. The lowest BCUT2D eigenvalue weighted by Gasteiger charge is -2.36. The van der Waals surface area contributed by atoms with E-state index in [1.807, 2.05) is 30.3 Å². The minimum Gasteiger partial charge on any atom is -0.368 e. The van der Waals surface area contributed by atoms with Gasteiger partial charge in [0.2, 0.25) is 5.95 Å². The van der Waals surface area contributed by atoms with Gasteiger partial charge in [-0.1, -0.05) is 42.5 Å². The standard InChI is InChI=1S/C23H25N5O/c1-18-6-5-9-20(16-18)27-12-14-28(15-13-27)23-24-11-10-21(26-23)22(29)25-17-19-7-3-2-4-8-19/h2-11,16H,12-15,17H2,1H3,(H,25,29). The van der Waals surface area contributed by atoms with Gasteiger partial charge in [-0.15, -0.1) is 0 Å². The first kappa shape index (κ1) is 18.9. The summed E-state index contributed by atoms with van der Waals surface area (Å²) in [7, 11) is 0. The Morgan fingerprint density at radius 3 is 2.48 bits per heavy atom. The monoisotopic (exact) mass is 387 g/mol. The molecule has 6 heteroatoms.